The maximum absolute atomic E-state index is 12.3. The molecule has 0 spiro atoms. The number of fused-ring (bicyclic) bond motifs is 2. The summed E-state index contributed by atoms with van der Waals surface area (Å²) in [6.45, 7) is 0. The van der Waals surface area contributed by atoms with Crippen LogP contribution in [0.1, 0.15) is 5.56 Å². The van der Waals surface area contributed by atoms with Crippen molar-refractivity contribution in [3.63, 3.8) is 0 Å². The molecule has 4 rings (SSSR count). The third-order valence-electron chi connectivity index (χ3n) is 3.68. The molecule has 4 nitrogen and oxygen atoms in total. The van der Waals surface area contributed by atoms with E-state index in [0.29, 0.717) is 28.0 Å². The number of rotatable bonds is 1. The average Bonchev–Trinajstić information content (AvgIpc) is 2.94. The van der Waals surface area contributed by atoms with Crippen LogP contribution in [-0.2, 0) is 0 Å². The quantitative estimate of drug-likeness (QED) is 0.537. The van der Waals surface area contributed by atoms with Gasteiger partial charge in [-0.3, -0.25) is 4.79 Å². The summed E-state index contributed by atoms with van der Waals surface area (Å²) in [6.07, 6.45) is 1.85. The van der Waals surface area contributed by atoms with Crippen molar-refractivity contribution in [1.82, 2.24) is 4.40 Å². The molecule has 0 saturated carbocycles. The molecule has 0 saturated heterocycles. The second kappa shape index (κ2) is 4.61. The van der Waals surface area contributed by atoms with Gasteiger partial charge in [-0.05, 0) is 30.3 Å². The van der Waals surface area contributed by atoms with Crippen molar-refractivity contribution in [2.45, 2.75) is 0 Å². The lowest BCUT2D eigenvalue weighted by molar-refractivity contribution is 0.615. The van der Waals surface area contributed by atoms with Gasteiger partial charge in [0.1, 0.15) is 11.7 Å². The molecule has 0 aliphatic rings. The van der Waals surface area contributed by atoms with E-state index in [2.05, 4.69) is 6.07 Å². The van der Waals surface area contributed by atoms with Gasteiger partial charge in [0.15, 0.2) is 11.2 Å². The highest BCUT2D eigenvalue weighted by Crippen LogP contribution is 2.27. The fourth-order valence-corrected chi connectivity index (χ4v) is 2.66. The molecule has 104 valence electrons. The lowest BCUT2D eigenvalue weighted by Crippen LogP contribution is -2.00. The summed E-state index contributed by atoms with van der Waals surface area (Å²) in [5.74, 6) is 0.450. The number of hydrogen-bond donors (Lipinski definition) is 0. The van der Waals surface area contributed by atoms with Crippen molar-refractivity contribution in [3.8, 4) is 17.5 Å². The SMILES string of the molecule is N#Cc1cc(-c2cc(=O)c3ccccc3o2)n2ccccc12. The average molecular weight is 286 g/mol. The number of hydrogen-bond acceptors (Lipinski definition) is 3. The van der Waals surface area contributed by atoms with Crippen LogP contribution >= 0.6 is 0 Å². The van der Waals surface area contributed by atoms with E-state index >= 15 is 0 Å². The molecule has 0 fully saturated rings. The molecule has 0 N–H and O–H groups in total. The largest absolute Gasteiger partial charge is 0.454 e. The minimum Gasteiger partial charge on any atom is -0.454 e. The molecule has 0 radical (unpaired) electrons. The van der Waals surface area contributed by atoms with Crippen molar-refractivity contribution in [1.29, 1.82) is 5.26 Å². The minimum absolute atomic E-state index is 0.0961. The first kappa shape index (κ1) is 12.4. The summed E-state index contributed by atoms with van der Waals surface area (Å²) in [5, 5.41) is 9.82. The van der Waals surface area contributed by atoms with Crippen LogP contribution in [0.25, 0.3) is 27.9 Å². The van der Waals surface area contributed by atoms with Crippen molar-refractivity contribution >= 4 is 16.5 Å². The Bertz CT molecular complexity index is 1110. The maximum Gasteiger partial charge on any atom is 0.193 e. The molecule has 3 aromatic heterocycles. The van der Waals surface area contributed by atoms with Gasteiger partial charge >= 0.3 is 0 Å². The second-order valence-corrected chi connectivity index (χ2v) is 4.98. The fourth-order valence-electron chi connectivity index (χ4n) is 2.66. The van der Waals surface area contributed by atoms with Crippen molar-refractivity contribution in [2.75, 3.05) is 0 Å². The van der Waals surface area contributed by atoms with Crippen LogP contribution in [0.15, 0.2) is 70.0 Å². The van der Waals surface area contributed by atoms with Crippen LogP contribution < -0.4 is 5.43 Å². The van der Waals surface area contributed by atoms with E-state index in [1.165, 1.54) is 6.07 Å². The summed E-state index contributed by atoms with van der Waals surface area (Å²) in [5.41, 5.74) is 2.47. The lowest BCUT2D eigenvalue weighted by Gasteiger charge is -2.03. The van der Waals surface area contributed by atoms with Gasteiger partial charge in [-0.25, -0.2) is 0 Å². The van der Waals surface area contributed by atoms with E-state index in [1.807, 2.05) is 34.9 Å². The number of pyridine rings is 1. The maximum atomic E-state index is 12.3. The third-order valence-corrected chi connectivity index (χ3v) is 3.68. The predicted octanol–water partition coefficient (Wildman–Crippen LogP) is 3.58. The molecule has 0 amide bonds. The lowest BCUT2D eigenvalue weighted by atomic mass is 10.2. The Kier molecular flexibility index (Phi) is 2.60. The first-order valence-corrected chi connectivity index (χ1v) is 6.81. The molecule has 0 bridgehead atoms. The van der Waals surface area contributed by atoms with Gasteiger partial charge in [-0.15, -0.1) is 0 Å². The number of benzene rings is 1. The molecule has 0 atom stereocenters. The van der Waals surface area contributed by atoms with Gasteiger partial charge in [0.05, 0.1) is 22.2 Å². The molecule has 4 aromatic rings. The van der Waals surface area contributed by atoms with Crippen molar-refractivity contribution in [3.05, 3.63) is 76.6 Å². The first-order chi connectivity index (χ1) is 10.8. The van der Waals surface area contributed by atoms with Crippen LogP contribution in [0, 0.1) is 11.3 Å². The monoisotopic (exact) mass is 286 g/mol. The van der Waals surface area contributed by atoms with Crippen LogP contribution in [0.2, 0.25) is 0 Å². The van der Waals surface area contributed by atoms with Gasteiger partial charge in [0, 0.05) is 12.3 Å². The normalized spacial score (nSPS) is 10.9. The standard InChI is InChI=1S/C18H10N2O2/c19-11-12-9-15(20-8-4-3-6-14(12)20)18-10-16(21)13-5-1-2-7-17(13)22-18/h1-10H. The highest BCUT2D eigenvalue weighted by Gasteiger charge is 2.13. The van der Waals surface area contributed by atoms with E-state index < -0.39 is 0 Å². The number of nitriles is 1. The molecule has 0 unspecified atom stereocenters. The second-order valence-electron chi connectivity index (χ2n) is 4.98. The Morgan fingerprint density at radius 2 is 1.86 bits per heavy atom. The summed E-state index contributed by atoms with van der Waals surface area (Å²) < 4.78 is 7.72. The molecule has 4 heteroatoms. The fraction of sp³-hybridized carbons (Fsp3) is 0. The summed E-state index contributed by atoms with van der Waals surface area (Å²) >= 11 is 0. The molecule has 0 aliphatic carbocycles. The molecular formula is C18H10N2O2. The van der Waals surface area contributed by atoms with Crippen LogP contribution in [-0.4, -0.2) is 4.40 Å². The van der Waals surface area contributed by atoms with Gasteiger partial charge in [0.25, 0.3) is 0 Å². The number of nitrogens with zero attached hydrogens (tertiary/aromatic N) is 2. The minimum atomic E-state index is -0.0961. The Labute approximate surface area is 125 Å². The Morgan fingerprint density at radius 1 is 1.05 bits per heavy atom. The van der Waals surface area contributed by atoms with E-state index in [0.717, 1.165) is 5.52 Å². The number of aromatic nitrogens is 1. The van der Waals surface area contributed by atoms with E-state index in [4.69, 9.17) is 4.42 Å². The predicted molar refractivity (Wildman–Crippen MR) is 83.6 cm³/mol. The first-order valence-electron chi connectivity index (χ1n) is 6.81. The van der Waals surface area contributed by atoms with Crippen LogP contribution in [0.5, 0.6) is 0 Å². The zero-order valence-electron chi connectivity index (χ0n) is 11.5. The Hall–Kier alpha value is -3.32. The summed E-state index contributed by atoms with van der Waals surface area (Å²) in [7, 11) is 0. The van der Waals surface area contributed by atoms with Crippen LogP contribution in [0.4, 0.5) is 0 Å². The molecule has 1 aromatic carbocycles. The van der Waals surface area contributed by atoms with Gasteiger partial charge in [0.2, 0.25) is 0 Å². The van der Waals surface area contributed by atoms with Gasteiger partial charge in [-0.2, -0.15) is 5.26 Å². The van der Waals surface area contributed by atoms with E-state index in [-0.39, 0.29) is 5.43 Å². The topological polar surface area (TPSA) is 58.4 Å². The van der Waals surface area contributed by atoms with Crippen LogP contribution in [0.3, 0.4) is 0 Å². The molecule has 3 heterocycles. The zero-order valence-corrected chi connectivity index (χ0v) is 11.5. The third kappa shape index (κ3) is 1.73. The molecular weight excluding hydrogens is 276 g/mol. The smallest absolute Gasteiger partial charge is 0.193 e. The highest BCUT2D eigenvalue weighted by atomic mass is 16.3. The van der Waals surface area contributed by atoms with E-state index in [9.17, 15) is 10.1 Å². The molecule has 0 aliphatic heterocycles. The highest BCUT2D eigenvalue weighted by molar-refractivity contribution is 5.79. The van der Waals surface area contributed by atoms with Gasteiger partial charge < -0.3 is 8.82 Å². The Balaban J connectivity index is 2.08. The Morgan fingerprint density at radius 3 is 2.73 bits per heavy atom. The summed E-state index contributed by atoms with van der Waals surface area (Å²) in [6, 6.07) is 18.1. The van der Waals surface area contributed by atoms with Gasteiger partial charge in [-0.1, -0.05) is 18.2 Å². The van der Waals surface area contributed by atoms with Crippen molar-refractivity contribution in [2.24, 2.45) is 0 Å². The number of para-hydroxylation sites is 1. The molecule has 22 heavy (non-hydrogen) atoms. The van der Waals surface area contributed by atoms with E-state index in [1.54, 1.807) is 24.3 Å². The summed E-state index contributed by atoms with van der Waals surface area (Å²) in [4.78, 5) is 12.3. The van der Waals surface area contributed by atoms with Crippen molar-refractivity contribution < 1.29 is 4.42 Å². The zero-order chi connectivity index (χ0) is 15.1.